The first-order chi connectivity index (χ1) is 12.1. The predicted octanol–water partition coefficient (Wildman–Crippen LogP) is 3.08. The minimum atomic E-state index is -0.753. The third-order valence-electron chi connectivity index (χ3n) is 4.04. The van der Waals surface area contributed by atoms with Crippen LogP contribution in [0.2, 0.25) is 0 Å². The first kappa shape index (κ1) is 16.9. The Bertz CT molecular complexity index is 862. The maximum atomic E-state index is 11.9. The normalized spacial score (nSPS) is 11.9. The number of nitrogens with one attached hydrogen (secondary N) is 2. The predicted molar refractivity (Wildman–Crippen MR) is 98.1 cm³/mol. The van der Waals surface area contributed by atoms with E-state index in [4.69, 9.17) is 0 Å². The number of aliphatic hydroxyl groups excluding tert-OH is 1. The second-order valence-electron chi connectivity index (χ2n) is 5.99. The Labute approximate surface area is 146 Å². The number of hydrogen-bond donors (Lipinski definition) is 3. The van der Waals surface area contributed by atoms with Crippen molar-refractivity contribution in [1.82, 2.24) is 15.6 Å². The number of urea groups is 1. The van der Waals surface area contributed by atoms with Crippen molar-refractivity contribution >= 4 is 16.8 Å². The van der Waals surface area contributed by atoms with Crippen molar-refractivity contribution in [2.75, 3.05) is 6.54 Å². The number of fused-ring (bicyclic) bond motifs is 1. The second-order valence-corrected chi connectivity index (χ2v) is 5.99. The summed E-state index contributed by atoms with van der Waals surface area (Å²) in [4.78, 5) is 16.1. The zero-order valence-corrected chi connectivity index (χ0v) is 14.1. The van der Waals surface area contributed by atoms with Crippen molar-refractivity contribution < 1.29 is 9.90 Å². The lowest BCUT2D eigenvalue weighted by molar-refractivity contribution is 0.173. The van der Waals surface area contributed by atoms with Crippen LogP contribution in [-0.4, -0.2) is 22.7 Å². The highest BCUT2D eigenvalue weighted by molar-refractivity contribution is 5.83. The quantitative estimate of drug-likeness (QED) is 0.671. The number of rotatable bonds is 5. The molecular formula is C20H21N3O2. The summed E-state index contributed by atoms with van der Waals surface area (Å²) in [5.74, 6) is 0. The lowest BCUT2D eigenvalue weighted by Crippen LogP contribution is -2.37. The maximum Gasteiger partial charge on any atom is 0.315 e. The SMILES string of the molecule is Cc1ccc(CNC(=O)NCC(O)c2ccc3ccccc3c2)cn1. The summed E-state index contributed by atoms with van der Waals surface area (Å²) in [6.07, 6.45) is 0.982. The van der Waals surface area contributed by atoms with Crippen LogP contribution >= 0.6 is 0 Å². The van der Waals surface area contributed by atoms with Gasteiger partial charge < -0.3 is 15.7 Å². The van der Waals surface area contributed by atoms with E-state index in [0.717, 1.165) is 27.6 Å². The molecule has 0 fully saturated rings. The van der Waals surface area contributed by atoms with Gasteiger partial charge in [0.15, 0.2) is 0 Å². The van der Waals surface area contributed by atoms with Gasteiger partial charge in [-0.15, -0.1) is 0 Å². The fourth-order valence-corrected chi connectivity index (χ4v) is 2.57. The number of nitrogens with zero attached hydrogens (tertiary/aromatic N) is 1. The highest BCUT2D eigenvalue weighted by atomic mass is 16.3. The number of carbonyl (C=O) groups excluding carboxylic acids is 1. The zero-order valence-electron chi connectivity index (χ0n) is 14.1. The Balaban J connectivity index is 1.51. The molecule has 25 heavy (non-hydrogen) atoms. The number of aromatic nitrogens is 1. The van der Waals surface area contributed by atoms with Gasteiger partial charge in [-0.2, -0.15) is 0 Å². The average Bonchev–Trinajstić information content (AvgIpc) is 2.65. The Morgan fingerprint density at radius 2 is 1.88 bits per heavy atom. The van der Waals surface area contributed by atoms with E-state index < -0.39 is 6.10 Å². The van der Waals surface area contributed by atoms with Gasteiger partial charge in [0.05, 0.1) is 6.10 Å². The van der Waals surface area contributed by atoms with Crippen molar-refractivity contribution in [2.24, 2.45) is 0 Å². The van der Waals surface area contributed by atoms with Gasteiger partial charge in [-0.3, -0.25) is 4.98 Å². The number of pyridine rings is 1. The molecular weight excluding hydrogens is 314 g/mol. The van der Waals surface area contributed by atoms with Gasteiger partial charge in [-0.25, -0.2) is 4.79 Å². The molecule has 2 amide bonds. The van der Waals surface area contributed by atoms with E-state index in [2.05, 4.69) is 15.6 Å². The monoisotopic (exact) mass is 335 g/mol. The minimum Gasteiger partial charge on any atom is -0.387 e. The number of hydrogen-bond acceptors (Lipinski definition) is 3. The molecule has 0 aliphatic rings. The number of aliphatic hydroxyl groups is 1. The molecule has 1 unspecified atom stereocenters. The van der Waals surface area contributed by atoms with Crippen LogP contribution in [0, 0.1) is 6.92 Å². The largest absolute Gasteiger partial charge is 0.387 e. The minimum absolute atomic E-state index is 0.149. The van der Waals surface area contributed by atoms with Crippen LogP contribution in [-0.2, 0) is 6.54 Å². The summed E-state index contributed by atoms with van der Waals surface area (Å²) in [7, 11) is 0. The fraction of sp³-hybridized carbons (Fsp3) is 0.200. The van der Waals surface area contributed by atoms with Crippen LogP contribution in [0.15, 0.2) is 60.8 Å². The van der Waals surface area contributed by atoms with E-state index in [-0.39, 0.29) is 12.6 Å². The third-order valence-corrected chi connectivity index (χ3v) is 4.04. The zero-order chi connectivity index (χ0) is 17.6. The number of carbonyl (C=O) groups is 1. The average molecular weight is 335 g/mol. The van der Waals surface area contributed by atoms with Crippen molar-refractivity contribution in [2.45, 2.75) is 19.6 Å². The summed E-state index contributed by atoms with van der Waals surface area (Å²) >= 11 is 0. The second kappa shape index (κ2) is 7.77. The van der Waals surface area contributed by atoms with Gasteiger partial charge in [0.25, 0.3) is 0 Å². The Kier molecular flexibility index (Phi) is 5.26. The topological polar surface area (TPSA) is 74.2 Å². The molecule has 0 aliphatic carbocycles. The molecule has 128 valence electrons. The third kappa shape index (κ3) is 4.55. The van der Waals surface area contributed by atoms with Gasteiger partial charge >= 0.3 is 6.03 Å². The Hall–Kier alpha value is -2.92. The first-order valence-electron chi connectivity index (χ1n) is 8.22. The number of benzene rings is 2. The van der Waals surface area contributed by atoms with Crippen molar-refractivity contribution in [1.29, 1.82) is 0 Å². The summed E-state index contributed by atoms with van der Waals surface area (Å²) in [6, 6.07) is 17.3. The molecule has 3 aromatic rings. The molecule has 1 heterocycles. The lowest BCUT2D eigenvalue weighted by atomic mass is 10.0. The van der Waals surface area contributed by atoms with Crippen LogP contribution < -0.4 is 10.6 Å². The molecule has 1 atom stereocenters. The summed E-state index contributed by atoms with van der Waals surface area (Å²) in [6.45, 7) is 2.46. The van der Waals surface area contributed by atoms with Crippen LogP contribution in [0.5, 0.6) is 0 Å². The molecule has 1 aromatic heterocycles. The maximum absolute atomic E-state index is 11.9. The highest BCUT2D eigenvalue weighted by Crippen LogP contribution is 2.20. The van der Waals surface area contributed by atoms with E-state index >= 15 is 0 Å². The molecule has 0 saturated heterocycles. The first-order valence-corrected chi connectivity index (χ1v) is 8.22. The smallest absolute Gasteiger partial charge is 0.315 e. The van der Waals surface area contributed by atoms with Gasteiger partial charge in [-0.1, -0.05) is 42.5 Å². The molecule has 0 bridgehead atoms. The van der Waals surface area contributed by atoms with E-state index in [1.54, 1.807) is 6.20 Å². The standard InChI is InChI=1S/C20H21N3O2/c1-14-6-7-15(11-21-14)12-22-20(25)23-13-19(24)18-9-8-16-4-2-3-5-17(16)10-18/h2-11,19,24H,12-13H2,1H3,(H2,22,23,25). The molecule has 0 saturated carbocycles. The molecule has 5 heteroatoms. The van der Waals surface area contributed by atoms with Crippen LogP contribution in [0.3, 0.4) is 0 Å². The van der Waals surface area contributed by atoms with Crippen molar-refractivity contribution in [3.63, 3.8) is 0 Å². The summed E-state index contributed by atoms with van der Waals surface area (Å²) in [5, 5.41) is 17.9. The molecule has 0 spiro atoms. The van der Waals surface area contributed by atoms with Crippen LogP contribution in [0.25, 0.3) is 10.8 Å². The lowest BCUT2D eigenvalue weighted by Gasteiger charge is -2.14. The van der Waals surface area contributed by atoms with E-state index in [1.807, 2.05) is 61.5 Å². The van der Waals surface area contributed by atoms with Gasteiger partial charge in [-0.05, 0) is 41.0 Å². The molecule has 0 radical (unpaired) electrons. The molecule has 5 nitrogen and oxygen atoms in total. The fourth-order valence-electron chi connectivity index (χ4n) is 2.57. The molecule has 2 aromatic carbocycles. The van der Waals surface area contributed by atoms with Gasteiger partial charge in [0.1, 0.15) is 0 Å². The molecule has 3 rings (SSSR count). The summed E-state index contributed by atoms with van der Waals surface area (Å²) < 4.78 is 0. The van der Waals surface area contributed by atoms with E-state index in [0.29, 0.717) is 6.54 Å². The van der Waals surface area contributed by atoms with Crippen LogP contribution in [0.4, 0.5) is 4.79 Å². The number of aryl methyl sites for hydroxylation is 1. The summed E-state index contributed by atoms with van der Waals surface area (Å²) in [5.41, 5.74) is 2.64. The van der Waals surface area contributed by atoms with Gasteiger partial charge in [0.2, 0.25) is 0 Å². The van der Waals surface area contributed by atoms with Gasteiger partial charge in [0, 0.05) is 25.0 Å². The van der Waals surface area contributed by atoms with E-state index in [1.165, 1.54) is 0 Å². The molecule has 0 aliphatic heterocycles. The van der Waals surface area contributed by atoms with Crippen LogP contribution in [0.1, 0.15) is 22.9 Å². The molecule has 3 N–H and O–H groups in total. The Morgan fingerprint density at radius 1 is 1.08 bits per heavy atom. The van der Waals surface area contributed by atoms with Crippen molar-refractivity contribution in [3.05, 3.63) is 77.6 Å². The number of amides is 2. The highest BCUT2D eigenvalue weighted by Gasteiger charge is 2.10. The Morgan fingerprint density at radius 3 is 2.64 bits per heavy atom. The van der Waals surface area contributed by atoms with E-state index in [9.17, 15) is 9.90 Å². The van der Waals surface area contributed by atoms with Crippen molar-refractivity contribution in [3.8, 4) is 0 Å².